The molecule has 0 aromatic heterocycles. The fourth-order valence-electron chi connectivity index (χ4n) is 3.77. The number of ether oxygens (including phenoxy) is 2. The van der Waals surface area contributed by atoms with Crippen molar-refractivity contribution in [2.75, 3.05) is 29.8 Å². The first kappa shape index (κ1) is 28.2. The second-order valence-corrected chi connectivity index (χ2v) is 11.9. The molecule has 11 heteroatoms. The summed E-state index contributed by atoms with van der Waals surface area (Å²) in [6, 6.07) is 9.56. The fraction of sp³-hybridized carbons (Fsp3) is 0.462. The molecule has 1 aliphatic heterocycles. The predicted molar refractivity (Wildman–Crippen MR) is 139 cm³/mol. The number of hydrogen-bond acceptors (Lipinski definition) is 6. The third-order valence-electron chi connectivity index (χ3n) is 5.76. The van der Waals surface area contributed by atoms with Gasteiger partial charge in [0, 0.05) is 23.7 Å². The number of carbonyl (C=O) groups is 2. The van der Waals surface area contributed by atoms with Crippen molar-refractivity contribution in [3.63, 3.8) is 0 Å². The van der Waals surface area contributed by atoms with Gasteiger partial charge in [-0.25, -0.2) is 12.8 Å². The van der Waals surface area contributed by atoms with Crippen molar-refractivity contribution in [3.8, 4) is 11.5 Å². The topological polar surface area (TPSA) is 105 Å². The molecule has 9 nitrogen and oxygen atoms in total. The average molecular weight is 536 g/mol. The summed E-state index contributed by atoms with van der Waals surface area (Å²) in [6.07, 6.45) is 0. The van der Waals surface area contributed by atoms with Crippen molar-refractivity contribution in [3.05, 3.63) is 53.8 Å². The molecule has 1 unspecified atom stereocenters. The maximum atomic E-state index is 14.5. The van der Waals surface area contributed by atoms with E-state index in [1.54, 1.807) is 32.9 Å². The Hall–Kier alpha value is -3.34. The molecule has 2 aromatic rings. The predicted octanol–water partition coefficient (Wildman–Crippen LogP) is 3.09. The van der Waals surface area contributed by atoms with Crippen molar-refractivity contribution in [2.45, 2.75) is 52.7 Å². The van der Waals surface area contributed by atoms with Crippen LogP contribution >= 0.6 is 0 Å². The van der Waals surface area contributed by atoms with Crippen LogP contribution in [0.2, 0.25) is 0 Å². The van der Waals surface area contributed by atoms with Crippen molar-refractivity contribution in [2.24, 2.45) is 0 Å². The zero-order valence-electron chi connectivity index (χ0n) is 21.8. The minimum absolute atomic E-state index is 0.204. The van der Waals surface area contributed by atoms with Crippen LogP contribution in [0.4, 0.5) is 10.1 Å². The standard InChI is InChI=1S/C26H34FN3O6S/c1-6-37(33,34)30(20-11-12-22-23(15-20)36-14-13-35-22)17-24(31)29(16-19-9-7-8-10-21(19)27)18(2)25(32)28-26(3,4)5/h7-12,15,18H,6,13-14,16-17H2,1-5H3,(H,28,32). The van der Waals surface area contributed by atoms with Gasteiger partial charge in [0.1, 0.15) is 31.6 Å². The molecule has 202 valence electrons. The number of halogens is 1. The smallest absolute Gasteiger partial charge is 0.244 e. The SMILES string of the molecule is CCS(=O)(=O)N(CC(=O)N(Cc1ccccc1F)C(C)C(=O)NC(C)(C)C)c1ccc2c(c1)OCCO2. The Balaban J connectivity index is 1.97. The first-order chi connectivity index (χ1) is 17.3. The van der Waals surface area contributed by atoms with Gasteiger partial charge in [0.2, 0.25) is 21.8 Å². The van der Waals surface area contributed by atoms with E-state index < -0.39 is 45.8 Å². The normalized spacial score (nSPS) is 14.0. The molecule has 0 saturated carbocycles. The Morgan fingerprint density at radius 3 is 2.35 bits per heavy atom. The van der Waals surface area contributed by atoms with Crippen LogP contribution in [0.15, 0.2) is 42.5 Å². The molecule has 1 N–H and O–H groups in total. The second kappa shape index (κ2) is 11.4. The number of rotatable bonds is 9. The molecule has 2 aromatic carbocycles. The van der Waals surface area contributed by atoms with Gasteiger partial charge in [-0.1, -0.05) is 18.2 Å². The molecule has 0 saturated heterocycles. The largest absolute Gasteiger partial charge is 0.486 e. The first-order valence-corrected chi connectivity index (χ1v) is 13.7. The number of hydrogen-bond donors (Lipinski definition) is 1. The molecule has 0 radical (unpaired) electrons. The molecule has 37 heavy (non-hydrogen) atoms. The highest BCUT2D eigenvalue weighted by Gasteiger charge is 2.33. The molecule has 1 aliphatic rings. The van der Waals surface area contributed by atoms with Gasteiger partial charge in [-0.15, -0.1) is 0 Å². The van der Waals surface area contributed by atoms with Gasteiger partial charge in [-0.3, -0.25) is 13.9 Å². The summed E-state index contributed by atoms with van der Waals surface area (Å²) in [5.41, 5.74) is -0.145. The third-order valence-corrected chi connectivity index (χ3v) is 7.50. The number of carbonyl (C=O) groups excluding carboxylic acids is 2. The van der Waals surface area contributed by atoms with E-state index in [-0.39, 0.29) is 23.5 Å². The van der Waals surface area contributed by atoms with Crippen molar-refractivity contribution in [1.29, 1.82) is 0 Å². The number of sulfonamides is 1. The molecule has 0 bridgehead atoms. The maximum Gasteiger partial charge on any atom is 0.244 e. The van der Waals surface area contributed by atoms with E-state index in [2.05, 4.69) is 5.32 Å². The van der Waals surface area contributed by atoms with Crippen LogP contribution in [0.5, 0.6) is 11.5 Å². The lowest BCUT2D eigenvalue weighted by Crippen LogP contribution is -2.54. The summed E-state index contributed by atoms with van der Waals surface area (Å²) in [4.78, 5) is 27.8. The molecular formula is C26H34FN3O6S. The number of anilines is 1. The number of nitrogens with zero attached hydrogens (tertiary/aromatic N) is 2. The van der Waals surface area contributed by atoms with Crippen LogP contribution < -0.4 is 19.1 Å². The highest BCUT2D eigenvalue weighted by Crippen LogP contribution is 2.35. The molecular weight excluding hydrogens is 501 g/mol. The van der Waals surface area contributed by atoms with Gasteiger partial charge in [-0.05, 0) is 52.8 Å². The number of fused-ring (bicyclic) bond motifs is 1. The minimum Gasteiger partial charge on any atom is -0.486 e. The van der Waals surface area contributed by atoms with Gasteiger partial charge in [0.15, 0.2) is 11.5 Å². The van der Waals surface area contributed by atoms with E-state index in [9.17, 15) is 22.4 Å². The maximum absolute atomic E-state index is 14.5. The molecule has 0 fully saturated rings. The Morgan fingerprint density at radius 2 is 1.73 bits per heavy atom. The average Bonchev–Trinajstić information content (AvgIpc) is 2.84. The van der Waals surface area contributed by atoms with Crippen LogP contribution in [-0.4, -0.2) is 62.2 Å². The van der Waals surface area contributed by atoms with Crippen LogP contribution in [0.3, 0.4) is 0 Å². The van der Waals surface area contributed by atoms with Gasteiger partial charge >= 0.3 is 0 Å². The Bertz CT molecular complexity index is 1250. The summed E-state index contributed by atoms with van der Waals surface area (Å²) in [5, 5.41) is 2.83. The number of benzene rings is 2. The van der Waals surface area contributed by atoms with Crippen LogP contribution in [0.25, 0.3) is 0 Å². The molecule has 1 atom stereocenters. The van der Waals surface area contributed by atoms with E-state index in [0.717, 1.165) is 4.31 Å². The lowest BCUT2D eigenvalue weighted by atomic mass is 10.1. The first-order valence-electron chi connectivity index (χ1n) is 12.1. The number of nitrogens with one attached hydrogen (secondary N) is 1. The van der Waals surface area contributed by atoms with Crippen molar-refractivity contribution >= 4 is 27.5 Å². The van der Waals surface area contributed by atoms with E-state index in [1.807, 2.05) is 0 Å². The Kier molecular flexibility index (Phi) is 8.68. The quantitative estimate of drug-likeness (QED) is 0.529. The lowest BCUT2D eigenvalue weighted by molar-refractivity contribution is -0.140. The van der Waals surface area contributed by atoms with E-state index in [1.165, 1.54) is 49.1 Å². The second-order valence-electron chi connectivity index (χ2n) is 9.76. The zero-order valence-corrected chi connectivity index (χ0v) is 22.6. The molecule has 0 aliphatic carbocycles. The van der Waals surface area contributed by atoms with Crippen LogP contribution in [-0.2, 0) is 26.2 Å². The summed E-state index contributed by atoms with van der Waals surface area (Å²) in [5.74, 6) is -1.05. The van der Waals surface area contributed by atoms with Gasteiger partial charge in [0.05, 0.1) is 11.4 Å². The fourth-order valence-corrected chi connectivity index (χ4v) is 4.83. The monoisotopic (exact) mass is 535 g/mol. The van der Waals surface area contributed by atoms with Gasteiger partial charge in [0.25, 0.3) is 0 Å². The van der Waals surface area contributed by atoms with Crippen LogP contribution in [0.1, 0.15) is 40.2 Å². The van der Waals surface area contributed by atoms with Gasteiger partial charge in [-0.2, -0.15) is 0 Å². The van der Waals surface area contributed by atoms with E-state index >= 15 is 0 Å². The highest BCUT2D eigenvalue weighted by atomic mass is 32.2. The summed E-state index contributed by atoms with van der Waals surface area (Å²) >= 11 is 0. The summed E-state index contributed by atoms with van der Waals surface area (Å²) in [6.45, 7) is 8.30. The summed E-state index contributed by atoms with van der Waals surface area (Å²) < 4.78 is 52.7. The number of amides is 2. The minimum atomic E-state index is -3.91. The third kappa shape index (κ3) is 7.12. The Morgan fingerprint density at radius 1 is 1.08 bits per heavy atom. The van der Waals surface area contributed by atoms with Gasteiger partial charge < -0.3 is 19.7 Å². The Labute approximate surface area is 217 Å². The molecule has 2 amide bonds. The molecule has 0 spiro atoms. The van der Waals surface area contributed by atoms with E-state index in [0.29, 0.717) is 24.7 Å². The zero-order chi connectivity index (χ0) is 27.4. The molecule has 1 heterocycles. The van der Waals surface area contributed by atoms with Crippen molar-refractivity contribution in [1.82, 2.24) is 10.2 Å². The highest BCUT2D eigenvalue weighted by molar-refractivity contribution is 7.92. The lowest BCUT2D eigenvalue weighted by Gasteiger charge is -2.33. The van der Waals surface area contributed by atoms with E-state index in [4.69, 9.17) is 9.47 Å². The van der Waals surface area contributed by atoms with Crippen LogP contribution in [0, 0.1) is 5.82 Å². The molecule has 3 rings (SSSR count). The summed E-state index contributed by atoms with van der Waals surface area (Å²) in [7, 11) is -3.91. The van der Waals surface area contributed by atoms with Crippen molar-refractivity contribution < 1.29 is 31.9 Å².